The highest BCUT2D eigenvalue weighted by atomic mass is 15.0. The molecule has 1 aliphatic carbocycles. The second kappa shape index (κ2) is 4.63. The van der Waals surface area contributed by atoms with Gasteiger partial charge in [0.05, 0.1) is 0 Å². The van der Waals surface area contributed by atoms with Gasteiger partial charge < -0.3 is 11.1 Å². The largest absolute Gasteiger partial charge is 0.328 e. The monoisotopic (exact) mass is 198 g/mol. The molecule has 1 unspecified atom stereocenters. The van der Waals surface area contributed by atoms with Crippen LogP contribution in [0.25, 0.3) is 0 Å². The van der Waals surface area contributed by atoms with Gasteiger partial charge in [-0.1, -0.05) is 20.8 Å². The van der Waals surface area contributed by atoms with Crippen molar-refractivity contribution in [3.8, 4) is 0 Å². The van der Waals surface area contributed by atoms with Crippen LogP contribution in [0.15, 0.2) is 0 Å². The molecular weight excluding hydrogens is 172 g/mol. The van der Waals surface area contributed by atoms with Gasteiger partial charge in [-0.25, -0.2) is 0 Å². The molecule has 0 amide bonds. The average molecular weight is 198 g/mol. The quantitative estimate of drug-likeness (QED) is 0.714. The van der Waals surface area contributed by atoms with Crippen molar-refractivity contribution in [1.29, 1.82) is 0 Å². The minimum absolute atomic E-state index is 0.361. The Hall–Kier alpha value is -0.0800. The van der Waals surface area contributed by atoms with Gasteiger partial charge in [-0.05, 0) is 38.0 Å². The number of hydrogen-bond donors (Lipinski definition) is 2. The maximum atomic E-state index is 5.89. The zero-order valence-electron chi connectivity index (χ0n) is 10.1. The molecule has 1 saturated carbocycles. The van der Waals surface area contributed by atoms with Crippen LogP contribution in [-0.2, 0) is 0 Å². The van der Waals surface area contributed by atoms with Crippen LogP contribution in [0, 0.1) is 5.41 Å². The van der Waals surface area contributed by atoms with E-state index in [0.717, 1.165) is 0 Å². The van der Waals surface area contributed by atoms with Crippen LogP contribution < -0.4 is 11.1 Å². The highest BCUT2D eigenvalue weighted by Gasteiger charge is 2.25. The Kier molecular flexibility index (Phi) is 3.96. The van der Waals surface area contributed by atoms with Gasteiger partial charge in [-0.15, -0.1) is 0 Å². The molecule has 0 spiro atoms. The first-order chi connectivity index (χ1) is 6.39. The summed E-state index contributed by atoms with van der Waals surface area (Å²) < 4.78 is 0. The first-order valence-electron chi connectivity index (χ1n) is 5.91. The molecule has 0 aliphatic heterocycles. The molecule has 14 heavy (non-hydrogen) atoms. The Balaban J connectivity index is 2.31. The molecule has 1 fully saturated rings. The van der Waals surface area contributed by atoms with E-state index in [4.69, 9.17) is 5.73 Å². The first-order valence-corrected chi connectivity index (χ1v) is 5.91. The lowest BCUT2D eigenvalue weighted by molar-refractivity contribution is 0.232. The first kappa shape index (κ1) is 12.0. The maximum absolute atomic E-state index is 5.89. The minimum atomic E-state index is 0.361. The van der Waals surface area contributed by atoms with E-state index in [-0.39, 0.29) is 0 Å². The molecule has 1 rings (SSSR count). The van der Waals surface area contributed by atoms with Crippen molar-refractivity contribution in [3.63, 3.8) is 0 Å². The summed E-state index contributed by atoms with van der Waals surface area (Å²) in [7, 11) is 0. The highest BCUT2D eigenvalue weighted by molar-refractivity contribution is 4.84. The predicted molar refractivity (Wildman–Crippen MR) is 62.3 cm³/mol. The van der Waals surface area contributed by atoms with E-state index < -0.39 is 0 Å². The number of rotatable bonds is 2. The molecule has 0 aromatic carbocycles. The van der Waals surface area contributed by atoms with Gasteiger partial charge in [0.15, 0.2) is 0 Å². The van der Waals surface area contributed by atoms with Gasteiger partial charge in [-0.2, -0.15) is 0 Å². The van der Waals surface area contributed by atoms with Crippen molar-refractivity contribution in [2.24, 2.45) is 11.1 Å². The van der Waals surface area contributed by atoms with Crippen molar-refractivity contribution in [2.75, 3.05) is 0 Å². The molecule has 0 radical (unpaired) electrons. The predicted octanol–water partition coefficient (Wildman–Crippen LogP) is 2.28. The van der Waals surface area contributed by atoms with Crippen LogP contribution in [0.1, 0.15) is 53.4 Å². The fourth-order valence-corrected chi connectivity index (χ4v) is 1.89. The summed E-state index contributed by atoms with van der Waals surface area (Å²) in [5, 5.41) is 3.72. The van der Waals surface area contributed by atoms with Crippen molar-refractivity contribution in [3.05, 3.63) is 0 Å². The van der Waals surface area contributed by atoms with Gasteiger partial charge in [0.2, 0.25) is 0 Å². The molecule has 0 bridgehead atoms. The molecular formula is C12H26N2. The van der Waals surface area contributed by atoms with E-state index in [1.54, 1.807) is 0 Å². The molecule has 3 N–H and O–H groups in total. The van der Waals surface area contributed by atoms with Crippen LogP contribution in [-0.4, -0.2) is 18.1 Å². The fraction of sp³-hybridized carbons (Fsp3) is 1.00. The van der Waals surface area contributed by atoms with Crippen LogP contribution in [0.2, 0.25) is 0 Å². The SMILES string of the molecule is CC(NC1CCC(N)CC1)C(C)(C)C. The Labute approximate surface area is 88.6 Å². The molecule has 2 nitrogen and oxygen atoms in total. The highest BCUT2D eigenvalue weighted by Crippen LogP contribution is 2.23. The molecule has 1 atom stereocenters. The molecule has 0 saturated heterocycles. The topological polar surface area (TPSA) is 38.0 Å². The minimum Gasteiger partial charge on any atom is -0.328 e. The van der Waals surface area contributed by atoms with E-state index in [2.05, 4.69) is 33.0 Å². The zero-order valence-corrected chi connectivity index (χ0v) is 10.1. The number of hydrogen-bond acceptors (Lipinski definition) is 2. The van der Waals surface area contributed by atoms with Crippen molar-refractivity contribution < 1.29 is 0 Å². The van der Waals surface area contributed by atoms with Crippen LogP contribution in [0.4, 0.5) is 0 Å². The van der Waals surface area contributed by atoms with Crippen molar-refractivity contribution >= 4 is 0 Å². The lowest BCUT2D eigenvalue weighted by Gasteiger charge is -2.35. The summed E-state index contributed by atoms with van der Waals surface area (Å²) in [4.78, 5) is 0. The van der Waals surface area contributed by atoms with Gasteiger partial charge in [0.25, 0.3) is 0 Å². The third-order valence-corrected chi connectivity index (χ3v) is 3.56. The van der Waals surface area contributed by atoms with E-state index in [9.17, 15) is 0 Å². The molecule has 84 valence electrons. The lowest BCUT2D eigenvalue weighted by atomic mass is 9.85. The van der Waals surface area contributed by atoms with Gasteiger partial charge >= 0.3 is 0 Å². The average Bonchev–Trinajstić information content (AvgIpc) is 2.07. The molecule has 1 aliphatic rings. The third-order valence-electron chi connectivity index (χ3n) is 3.56. The van der Waals surface area contributed by atoms with E-state index in [1.165, 1.54) is 25.7 Å². The smallest absolute Gasteiger partial charge is 0.00898 e. The maximum Gasteiger partial charge on any atom is 0.00898 e. The summed E-state index contributed by atoms with van der Waals surface area (Å²) in [6, 6.07) is 1.74. The Morgan fingerprint density at radius 2 is 1.64 bits per heavy atom. The third kappa shape index (κ3) is 3.58. The van der Waals surface area contributed by atoms with Crippen LogP contribution >= 0.6 is 0 Å². The fourth-order valence-electron chi connectivity index (χ4n) is 1.89. The summed E-state index contributed by atoms with van der Waals surface area (Å²) in [6.07, 6.45) is 4.88. The second-order valence-corrected chi connectivity index (χ2v) is 5.87. The van der Waals surface area contributed by atoms with Crippen LogP contribution in [0.3, 0.4) is 0 Å². The normalized spacial score (nSPS) is 31.5. The van der Waals surface area contributed by atoms with Crippen molar-refractivity contribution in [1.82, 2.24) is 5.32 Å². The summed E-state index contributed by atoms with van der Waals surface area (Å²) in [6.45, 7) is 9.16. The van der Waals surface area contributed by atoms with Crippen molar-refractivity contribution in [2.45, 2.75) is 71.5 Å². The van der Waals surface area contributed by atoms with E-state index in [1.807, 2.05) is 0 Å². The Bertz CT molecular complexity index is 164. The lowest BCUT2D eigenvalue weighted by Crippen LogP contribution is -2.46. The summed E-state index contributed by atoms with van der Waals surface area (Å²) >= 11 is 0. The summed E-state index contributed by atoms with van der Waals surface area (Å²) in [5.41, 5.74) is 6.25. The number of nitrogens with one attached hydrogen (secondary N) is 1. The molecule has 0 heterocycles. The Morgan fingerprint density at radius 3 is 2.07 bits per heavy atom. The summed E-state index contributed by atoms with van der Waals surface area (Å²) in [5.74, 6) is 0. The number of nitrogens with two attached hydrogens (primary N) is 1. The van der Waals surface area contributed by atoms with Crippen LogP contribution in [0.5, 0.6) is 0 Å². The molecule has 0 aromatic rings. The van der Waals surface area contributed by atoms with Gasteiger partial charge in [-0.3, -0.25) is 0 Å². The van der Waals surface area contributed by atoms with E-state index >= 15 is 0 Å². The standard InChI is InChI=1S/C12H26N2/c1-9(12(2,3)4)14-11-7-5-10(13)6-8-11/h9-11,14H,5-8,13H2,1-4H3. The van der Waals surface area contributed by atoms with Gasteiger partial charge in [0, 0.05) is 18.1 Å². The Morgan fingerprint density at radius 1 is 1.14 bits per heavy atom. The van der Waals surface area contributed by atoms with Gasteiger partial charge in [0.1, 0.15) is 0 Å². The van der Waals surface area contributed by atoms with E-state index in [0.29, 0.717) is 23.5 Å². The zero-order chi connectivity index (χ0) is 10.8. The molecule has 0 aromatic heterocycles. The molecule has 2 heteroatoms. The second-order valence-electron chi connectivity index (χ2n) is 5.87.